The molecular formula is C28H37NO2. The van der Waals surface area contributed by atoms with Crippen LogP contribution in [0.25, 0.3) is 0 Å². The molecule has 0 heterocycles. The van der Waals surface area contributed by atoms with Gasteiger partial charge in [0.05, 0.1) is 6.04 Å². The molecule has 0 saturated heterocycles. The van der Waals surface area contributed by atoms with Crippen LogP contribution in [0.3, 0.4) is 0 Å². The van der Waals surface area contributed by atoms with Gasteiger partial charge in [0.1, 0.15) is 5.75 Å². The second-order valence-corrected chi connectivity index (χ2v) is 12.9. The van der Waals surface area contributed by atoms with Gasteiger partial charge in [-0.05, 0) is 141 Å². The van der Waals surface area contributed by atoms with Crippen LogP contribution in [0, 0.1) is 39.9 Å². The Bertz CT molecular complexity index is 902. The molecule has 0 aromatic heterocycles. The van der Waals surface area contributed by atoms with Gasteiger partial charge in [0.25, 0.3) is 0 Å². The maximum atomic E-state index is 11.5. The molecule has 1 aromatic carbocycles. The van der Waals surface area contributed by atoms with Crippen LogP contribution >= 0.6 is 0 Å². The minimum atomic E-state index is 0.0299. The third kappa shape index (κ3) is 2.53. The van der Waals surface area contributed by atoms with E-state index < -0.39 is 0 Å². The van der Waals surface area contributed by atoms with Crippen molar-refractivity contribution in [2.24, 2.45) is 40.2 Å². The summed E-state index contributed by atoms with van der Waals surface area (Å²) in [4.78, 5) is 11.5. The first kappa shape index (κ1) is 19.1. The van der Waals surface area contributed by atoms with Crippen molar-refractivity contribution in [3.8, 4) is 5.75 Å². The molecule has 7 aliphatic carbocycles. The lowest BCUT2D eigenvalue weighted by molar-refractivity contribution is -0.00633. The number of rotatable bonds is 2. The fourth-order valence-electron chi connectivity index (χ4n) is 10.6. The van der Waals surface area contributed by atoms with E-state index in [4.69, 9.17) is 0 Å². The van der Waals surface area contributed by atoms with Gasteiger partial charge < -0.3 is 5.11 Å². The predicted octanol–water partition coefficient (Wildman–Crippen LogP) is 6.85. The second-order valence-electron chi connectivity index (χ2n) is 12.9. The van der Waals surface area contributed by atoms with Crippen LogP contribution in [0.2, 0.25) is 0 Å². The highest BCUT2D eigenvalue weighted by Gasteiger charge is 2.56. The first-order valence-corrected chi connectivity index (χ1v) is 13.2. The number of aryl methyl sites for hydroxylation is 1. The van der Waals surface area contributed by atoms with Crippen LogP contribution in [0.1, 0.15) is 100 Å². The average molecular weight is 420 g/mol. The van der Waals surface area contributed by atoms with Gasteiger partial charge in [0.2, 0.25) is 0 Å². The number of hydrogen-bond donors (Lipinski definition) is 1. The Morgan fingerprint density at radius 1 is 0.968 bits per heavy atom. The fraction of sp³-hybridized carbons (Fsp3) is 0.786. The van der Waals surface area contributed by atoms with Crippen molar-refractivity contribution in [2.75, 3.05) is 0 Å². The number of aromatic hydroxyl groups is 1. The maximum Gasteiger partial charge on any atom is 0.119 e. The predicted molar refractivity (Wildman–Crippen MR) is 122 cm³/mol. The molecular weight excluding hydrogens is 382 g/mol. The van der Waals surface area contributed by atoms with Crippen molar-refractivity contribution in [2.45, 2.75) is 101 Å². The van der Waals surface area contributed by atoms with Gasteiger partial charge in [-0.15, -0.1) is 0 Å². The van der Waals surface area contributed by atoms with E-state index in [9.17, 15) is 10.0 Å². The van der Waals surface area contributed by atoms with Crippen molar-refractivity contribution in [3.05, 3.63) is 33.7 Å². The number of hydrogen-bond acceptors (Lipinski definition) is 3. The molecule has 8 rings (SSSR count). The molecule has 0 aliphatic heterocycles. The third-order valence-corrected chi connectivity index (χ3v) is 11.5. The van der Waals surface area contributed by atoms with E-state index in [0.29, 0.717) is 23.5 Å². The Balaban J connectivity index is 1.27. The van der Waals surface area contributed by atoms with E-state index in [0.717, 1.165) is 37.0 Å². The maximum absolute atomic E-state index is 11.5. The Labute approximate surface area is 186 Å². The number of fused-ring (bicyclic) bond motifs is 5. The van der Waals surface area contributed by atoms with Crippen LogP contribution in [-0.4, -0.2) is 11.1 Å². The largest absolute Gasteiger partial charge is 0.508 e. The summed E-state index contributed by atoms with van der Waals surface area (Å²) in [5.41, 5.74) is 4.69. The van der Waals surface area contributed by atoms with Crippen LogP contribution in [-0.2, 0) is 11.8 Å². The number of benzene rings is 1. The Kier molecular flexibility index (Phi) is 3.92. The molecule has 1 aromatic rings. The molecule has 7 aliphatic rings. The lowest BCUT2D eigenvalue weighted by Crippen LogP contribution is -2.48. The molecule has 6 saturated carbocycles. The number of nitroso groups, excluding NO2 is 1. The summed E-state index contributed by atoms with van der Waals surface area (Å²) in [5, 5.41) is 14.8. The van der Waals surface area contributed by atoms with Crippen LogP contribution < -0.4 is 0 Å². The summed E-state index contributed by atoms with van der Waals surface area (Å²) in [7, 11) is 0. The van der Waals surface area contributed by atoms with Gasteiger partial charge in [-0.1, -0.05) is 18.2 Å². The van der Waals surface area contributed by atoms with Gasteiger partial charge >= 0.3 is 0 Å². The van der Waals surface area contributed by atoms with E-state index in [2.05, 4.69) is 24.2 Å². The van der Waals surface area contributed by atoms with Gasteiger partial charge in [0.15, 0.2) is 0 Å². The minimum absolute atomic E-state index is 0.0299. The van der Waals surface area contributed by atoms with E-state index in [1.165, 1.54) is 68.9 Å². The van der Waals surface area contributed by atoms with Crippen LogP contribution in [0.4, 0.5) is 0 Å². The normalized spacial score (nSPS) is 49.4. The van der Waals surface area contributed by atoms with E-state index in [1.807, 2.05) is 0 Å². The summed E-state index contributed by atoms with van der Waals surface area (Å²) >= 11 is 0. The molecule has 3 heteroatoms. The number of phenolic OH excluding ortho intramolecular Hbond substituents is 1. The summed E-state index contributed by atoms with van der Waals surface area (Å²) in [6.07, 6.45) is 15.1. The molecule has 6 fully saturated rings. The first-order valence-electron chi connectivity index (χ1n) is 13.2. The molecule has 1 N–H and O–H groups in total. The summed E-state index contributed by atoms with van der Waals surface area (Å²) in [5.74, 6) is 5.28. The van der Waals surface area contributed by atoms with E-state index >= 15 is 0 Å². The van der Waals surface area contributed by atoms with E-state index in [1.54, 1.807) is 5.56 Å². The van der Waals surface area contributed by atoms with Crippen molar-refractivity contribution < 1.29 is 5.11 Å². The number of nitrogens with zero attached hydrogens (tertiary/aromatic N) is 1. The fourth-order valence-corrected chi connectivity index (χ4v) is 10.6. The number of phenols is 1. The first-order chi connectivity index (χ1) is 15.0. The highest BCUT2D eigenvalue weighted by atomic mass is 16.3. The van der Waals surface area contributed by atoms with Crippen LogP contribution in [0.5, 0.6) is 5.75 Å². The lowest BCUT2D eigenvalue weighted by atomic mass is 9.47. The second kappa shape index (κ2) is 6.35. The molecule has 166 valence electrons. The summed E-state index contributed by atoms with van der Waals surface area (Å²) in [6.45, 7) is 2.36. The molecule has 0 amide bonds. The van der Waals surface area contributed by atoms with Crippen molar-refractivity contribution in [1.29, 1.82) is 0 Å². The highest BCUT2D eigenvalue weighted by Crippen LogP contribution is 2.64. The van der Waals surface area contributed by atoms with Gasteiger partial charge in [-0.2, -0.15) is 4.91 Å². The SMILES string of the molecule is C[C@]12CCC3c4cc(C56CC7CC(CC(C7)C5)C6)c(O)cc4CCC3C1CCC2N=O. The molecule has 31 heavy (non-hydrogen) atoms. The minimum Gasteiger partial charge on any atom is -0.508 e. The lowest BCUT2D eigenvalue weighted by Gasteiger charge is -2.57. The van der Waals surface area contributed by atoms with Gasteiger partial charge in [-0.25, -0.2) is 0 Å². The van der Waals surface area contributed by atoms with Crippen molar-refractivity contribution >= 4 is 0 Å². The van der Waals surface area contributed by atoms with Gasteiger partial charge in [0, 0.05) is 5.56 Å². The molecule has 0 radical (unpaired) electrons. The third-order valence-electron chi connectivity index (χ3n) is 11.5. The molecule has 0 spiro atoms. The van der Waals surface area contributed by atoms with E-state index in [-0.39, 0.29) is 16.9 Å². The summed E-state index contributed by atoms with van der Waals surface area (Å²) < 4.78 is 0. The summed E-state index contributed by atoms with van der Waals surface area (Å²) in [6, 6.07) is 4.72. The smallest absolute Gasteiger partial charge is 0.119 e. The van der Waals surface area contributed by atoms with Gasteiger partial charge in [-0.3, -0.25) is 0 Å². The average Bonchev–Trinajstić information content (AvgIpc) is 3.08. The Morgan fingerprint density at radius 3 is 2.35 bits per heavy atom. The Hall–Kier alpha value is -1.38. The topological polar surface area (TPSA) is 49.7 Å². The molecule has 3 nitrogen and oxygen atoms in total. The van der Waals surface area contributed by atoms with Crippen LogP contribution in [0.15, 0.2) is 17.3 Å². The molecule has 4 bridgehead atoms. The van der Waals surface area contributed by atoms with Crippen molar-refractivity contribution in [3.63, 3.8) is 0 Å². The quantitative estimate of drug-likeness (QED) is 0.533. The highest BCUT2D eigenvalue weighted by molar-refractivity contribution is 5.50. The molecule has 5 atom stereocenters. The monoisotopic (exact) mass is 419 g/mol. The Morgan fingerprint density at radius 2 is 1.68 bits per heavy atom. The van der Waals surface area contributed by atoms with Crippen molar-refractivity contribution in [1.82, 2.24) is 0 Å². The zero-order valence-corrected chi connectivity index (χ0v) is 19.0. The zero-order valence-electron chi connectivity index (χ0n) is 19.0. The molecule has 4 unspecified atom stereocenters. The standard InChI is InChI=1S/C28H37NO2/c1-27-7-6-20-21(23(27)4-5-26(27)29-31)3-2-19-11-25(30)24(12-22(19)20)28-13-16-8-17(14-28)10-18(9-16)15-28/h11-12,16-18,20-21,23,26,30H,2-10,13-15H2,1H3/t16?,17?,18?,20?,21?,23?,26?,27-,28?/m0/s1. The zero-order chi connectivity index (χ0) is 21.0.